The summed E-state index contributed by atoms with van der Waals surface area (Å²) in [4.78, 5) is 23.5. The molecule has 3 amide bonds. The first-order chi connectivity index (χ1) is 9.95. The lowest BCUT2D eigenvalue weighted by Crippen LogP contribution is -2.37. The molecule has 2 N–H and O–H groups in total. The van der Waals surface area contributed by atoms with E-state index in [1.165, 1.54) is 4.68 Å². The number of aryl methyl sites for hydroxylation is 3. The summed E-state index contributed by atoms with van der Waals surface area (Å²) in [5.74, 6) is 0.00704. The molecule has 110 valence electrons. The molecule has 1 aromatic heterocycles. The highest BCUT2D eigenvalue weighted by Crippen LogP contribution is 2.15. The summed E-state index contributed by atoms with van der Waals surface area (Å²) in [6, 6.07) is 5.04. The molecule has 0 unspecified atom stereocenters. The number of carbonyl (C=O) groups is 2. The Labute approximate surface area is 121 Å². The Morgan fingerprint density at radius 3 is 2.62 bits per heavy atom. The van der Waals surface area contributed by atoms with Gasteiger partial charge in [0.15, 0.2) is 0 Å². The van der Waals surface area contributed by atoms with Gasteiger partial charge in [-0.1, -0.05) is 17.7 Å². The van der Waals surface area contributed by atoms with Gasteiger partial charge in [-0.05, 0) is 42.8 Å². The van der Waals surface area contributed by atoms with Crippen LogP contribution in [-0.2, 0) is 11.3 Å². The van der Waals surface area contributed by atoms with Gasteiger partial charge in [0.05, 0.1) is 0 Å². The topological polar surface area (TPSA) is 102 Å². The Kier molecular flexibility index (Phi) is 4.27. The molecule has 8 heteroatoms. The molecule has 0 aliphatic carbocycles. The number of imide groups is 1. The smallest absolute Gasteiger partial charge is 0.307 e. The van der Waals surface area contributed by atoms with Gasteiger partial charge in [-0.2, -0.15) is 0 Å². The fraction of sp³-hybridized carbons (Fsp3) is 0.308. The van der Waals surface area contributed by atoms with Crippen LogP contribution in [0.4, 0.5) is 10.5 Å². The van der Waals surface area contributed by atoms with E-state index in [-0.39, 0.29) is 6.54 Å². The summed E-state index contributed by atoms with van der Waals surface area (Å²) in [6.07, 6.45) is 0. The summed E-state index contributed by atoms with van der Waals surface area (Å²) >= 11 is 0. The van der Waals surface area contributed by atoms with Crippen molar-refractivity contribution in [2.75, 3.05) is 5.32 Å². The first-order valence-electron chi connectivity index (χ1n) is 6.36. The van der Waals surface area contributed by atoms with Crippen LogP contribution in [0.15, 0.2) is 18.2 Å². The number of carbonyl (C=O) groups excluding carboxylic acids is 2. The zero-order chi connectivity index (χ0) is 15.4. The molecule has 1 heterocycles. The molecular weight excluding hydrogens is 272 g/mol. The molecule has 2 rings (SSSR count). The second kappa shape index (κ2) is 6.12. The van der Waals surface area contributed by atoms with Crippen molar-refractivity contribution in [2.24, 2.45) is 0 Å². The summed E-state index contributed by atoms with van der Waals surface area (Å²) < 4.78 is 1.31. The monoisotopic (exact) mass is 288 g/mol. The van der Waals surface area contributed by atoms with E-state index in [4.69, 9.17) is 0 Å². The quantitative estimate of drug-likeness (QED) is 0.875. The molecule has 0 aliphatic rings. The van der Waals surface area contributed by atoms with E-state index in [1.54, 1.807) is 13.0 Å². The molecule has 2 aromatic rings. The fourth-order valence-electron chi connectivity index (χ4n) is 1.80. The zero-order valence-electron chi connectivity index (χ0n) is 12.0. The largest absolute Gasteiger partial charge is 0.325 e. The molecule has 1 aromatic carbocycles. The number of nitrogens with zero attached hydrogens (tertiary/aromatic N) is 4. The summed E-state index contributed by atoms with van der Waals surface area (Å²) in [7, 11) is 0. The lowest BCUT2D eigenvalue weighted by molar-refractivity contribution is -0.120. The Balaban J connectivity index is 1.92. The van der Waals surface area contributed by atoms with Gasteiger partial charge in [0, 0.05) is 5.69 Å². The minimum atomic E-state index is -0.585. The number of amides is 3. The first kappa shape index (κ1) is 14.6. The number of tetrazole rings is 1. The average Bonchev–Trinajstić information content (AvgIpc) is 2.78. The van der Waals surface area contributed by atoms with Gasteiger partial charge in [-0.3, -0.25) is 10.1 Å². The van der Waals surface area contributed by atoms with E-state index in [0.29, 0.717) is 11.5 Å². The van der Waals surface area contributed by atoms with E-state index >= 15 is 0 Å². The van der Waals surface area contributed by atoms with Gasteiger partial charge in [0.1, 0.15) is 12.4 Å². The molecule has 0 radical (unpaired) electrons. The van der Waals surface area contributed by atoms with Crippen LogP contribution in [0.1, 0.15) is 17.0 Å². The third kappa shape index (κ3) is 3.85. The van der Waals surface area contributed by atoms with Crippen molar-refractivity contribution in [3.8, 4) is 0 Å². The Bertz CT molecular complexity index is 679. The van der Waals surface area contributed by atoms with Crippen molar-refractivity contribution in [2.45, 2.75) is 27.3 Å². The lowest BCUT2D eigenvalue weighted by Gasteiger charge is -2.09. The van der Waals surface area contributed by atoms with Crippen molar-refractivity contribution in [3.63, 3.8) is 0 Å². The number of urea groups is 1. The number of hydrogen-bond acceptors (Lipinski definition) is 5. The average molecular weight is 288 g/mol. The zero-order valence-corrected chi connectivity index (χ0v) is 12.0. The van der Waals surface area contributed by atoms with Crippen LogP contribution < -0.4 is 10.6 Å². The van der Waals surface area contributed by atoms with Gasteiger partial charge >= 0.3 is 6.03 Å². The van der Waals surface area contributed by atoms with Crippen LogP contribution in [0.2, 0.25) is 0 Å². The molecule has 0 aliphatic heterocycles. The number of anilines is 1. The maximum atomic E-state index is 11.8. The molecule has 0 atom stereocenters. The summed E-state index contributed by atoms with van der Waals surface area (Å²) in [6.45, 7) is 5.41. The van der Waals surface area contributed by atoms with Crippen molar-refractivity contribution in [1.82, 2.24) is 25.5 Å². The Hall–Kier alpha value is -2.77. The van der Waals surface area contributed by atoms with Gasteiger partial charge in [-0.15, -0.1) is 5.10 Å². The maximum absolute atomic E-state index is 11.8. The predicted octanol–water partition coefficient (Wildman–Crippen LogP) is 0.947. The molecular formula is C13H16N6O2. The Morgan fingerprint density at radius 1 is 1.24 bits per heavy atom. The van der Waals surface area contributed by atoms with E-state index in [2.05, 4.69) is 26.2 Å². The number of aromatic nitrogens is 4. The van der Waals surface area contributed by atoms with E-state index in [9.17, 15) is 9.59 Å². The number of rotatable bonds is 3. The third-order valence-electron chi connectivity index (χ3n) is 2.89. The molecule has 0 saturated heterocycles. The van der Waals surface area contributed by atoms with Crippen molar-refractivity contribution in [3.05, 3.63) is 35.2 Å². The normalized spacial score (nSPS) is 10.2. The van der Waals surface area contributed by atoms with E-state index in [1.807, 2.05) is 26.0 Å². The molecule has 0 fully saturated rings. The van der Waals surface area contributed by atoms with E-state index in [0.717, 1.165) is 11.1 Å². The highest BCUT2D eigenvalue weighted by molar-refractivity contribution is 6.01. The summed E-state index contributed by atoms with van der Waals surface area (Å²) in [5.41, 5.74) is 2.68. The van der Waals surface area contributed by atoms with Crippen LogP contribution in [0, 0.1) is 20.8 Å². The third-order valence-corrected chi connectivity index (χ3v) is 2.89. The molecule has 0 spiro atoms. The fourth-order valence-corrected chi connectivity index (χ4v) is 1.80. The first-order valence-corrected chi connectivity index (χ1v) is 6.36. The van der Waals surface area contributed by atoms with Gasteiger partial charge < -0.3 is 5.32 Å². The second-order valence-electron chi connectivity index (χ2n) is 4.70. The van der Waals surface area contributed by atoms with Crippen molar-refractivity contribution >= 4 is 17.6 Å². The van der Waals surface area contributed by atoms with Crippen LogP contribution in [-0.4, -0.2) is 32.1 Å². The van der Waals surface area contributed by atoms with Crippen molar-refractivity contribution in [1.29, 1.82) is 0 Å². The highest BCUT2D eigenvalue weighted by atomic mass is 16.2. The second-order valence-corrected chi connectivity index (χ2v) is 4.70. The van der Waals surface area contributed by atoms with Gasteiger partial charge in [-0.25, -0.2) is 9.48 Å². The standard InChI is InChI=1S/C13H16N6O2/c1-8-4-5-11(9(2)6-8)14-13(21)15-12(20)7-19-10(3)16-17-18-19/h4-6H,7H2,1-3H3,(H2,14,15,20,21). The highest BCUT2D eigenvalue weighted by Gasteiger charge is 2.11. The SMILES string of the molecule is Cc1ccc(NC(=O)NC(=O)Cn2nnnc2C)c(C)c1. The van der Waals surface area contributed by atoms with Crippen LogP contribution in [0.3, 0.4) is 0 Å². The molecule has 8 nitrogen and oxygen atoms in total. The van der Waals surface area contributed by atoms with E-state index < -0.39 is 11.9 Å². The number of benzene rings is 1. The van der Waals surface area contributed by atoms with Crippen LogP contribution in [0.5, 0.6) is 0 Å². The van der Waals surface area contributed by atoms with Gasteiger partial charge in [0.2, 0.25) is 5.91 Å². The minimum absolute atomic E-state index is 0.112. The van der Waals surface area contributed by atoms with Crippen molar-refractivity contribution < 1.29 is 9.59 Å². The lowest BCUT2D eigenvalue weighted by atomic mass is 10.1. The molecule has 0 saturated carbocycles. The molecule has 0 bridgehead atoms. The van der Waals surface area contributed by atoms with Crippen LogP contribution in [0.25, 0.3) is 0 Å². The van der Waals surface area contributed by atoms with Crippen LogP contribution >= 0.6 is 0 Å². The maximum Gasteiger partial charge on any atom is 0.325 e. The van der Waals surface area contributed by atoms with Gasteiger partial charge in [0.25, 0.3) is 0 Å². The number of nitrogens with one attached hydrogen (secondary N) is 2. The summed E-state index contributed by atoms with van der Waals surface area (Å²) in [5, 5.41) is 15.6. The number of hydrogen-bond donors (Lipinski definition) is 2. The molecule has 21 heavy (non-hydrogen) atoms. The predicted molar refractivity (Wildman–Crippen MR) is 75.6 cm³/mol. The minimum Gasteiger partial charge on any atom is -0.307 e. The Morgan fingerprint density at radius 2 is 2.00 bits per heavy atom.